The molecule has 0 spiro atoms. The lowest BCUT2D eigenvalue weighted by atomic mass is 9.92. The molecule has 2 N–H and O–H groups in total. The molecule has 0 unspecified atom stereocenters. The number of piperidine rings is 1. The smallest absolute Gasteiger partial charge is 0.243 e. The molecular weight excluding hydrogens is 597 g/mol. The van der Waals surface area contributed by atoms with Gasteiger partial charge in [0.25, 0.3) is 0 Å². The van der Waals surface area contributed by atoms with Crippen molar-refractivity contribution in [3.05, 3.63) is 99.5 Å². The molecule has 9 heteroatoms. The lowest BCUT2D eigenvalue weighted by Gasteiger charge is -2.32. The van der Waals surface area contributed by atoms with Crippen LogP contribution in [-0.4, -0.2) is 47.8 Å². The summed E-state index contributed by atoms with van der Waals surface area (Å²) in [5.41, 5.74) is 2.98. The fraction of sp³-hybridized carbons (Fsp3) is 0.400. The van der Waals surface area contributed by atoms with Crippen molar-refractivity contribution in [2.45, 2.75) is 71.1 Å². The zero-order valence-corrected chi connectivity index (χ0v) is 26.9. The summed E-state index contributed by atoms with van der Waals surface area (Å²) in [5.74, 6) is 0.634. The molecule has 0 aromatic heterocycles. The van der Waals surface area contributed by atoms with Crippen molar-refractivity contribution in [3.63, 3.8) is 0 Å². The van der Waals surface area contributed by atoms with Crippen LogP contribution in [0.3, 0.4) is 0 Å². The lowest BCUT2D eigenvalue weighted by molar-refractivity contribution is -0.133. The Balaban J connectivity index is 1.24. The van der Waals surface area contributed by atoms with Gasteiger partial charge in [0.15, 0.2) is 0 Å². The normalized spacial score (nSPS) is 14.2. The number of benzene rings is 3. The fourth-order valence-corrected chi connectivity index (χ4v) is 5.62. The van der Waals surface area contributed by atoms with Crippen molar-refractivity contribution in [2.24, 2.45) is 5.92 Å². The Hall–Kier alpha value is -3.55. The van der Waals surface area contributed by atoms with Gasteiger partial charge in [-0.25, -0.2) is 0 Å². The third kappa shape index (κ3) is 10.6. The molecule has 3 amide bonds. The predicted molar refractivity (Wildman–Crippen MR) is 175 cm³/mol. The van der Waals surface area contributed by atoms with Crippen molar-refractivity contribution in [1.82, 2.24) is 15.5 Å². The lowest BCUT2D eigenvalue weighted by Crippen LogP contribution is -2.50. The highest BCUT2D eigenvalue weighted by Crippen LogP contribution is 2.25. The third-order valence-electron chi connectivity index (χ3n) is 7.75. The number of nitrogens with one attached hydrogen (secondary N) is 2. The first-order chi connectivity index (χ1) is 21.2. The highest BCUT2D eigenvalue weighted by atomic mass is 35.5. The van der Waals surface area contributed by atoms with Gasteiger partial charge in [0, 0.05) is 38.4 Å². The molecule has 0 radical (unpaired) electrons. The molecule has 234 valence electrons. The molecule has 1 aliphatic heterocycles. The quantitative estimate of drug-likeness (QED) is 0.227. The number of ether oxygens (including phenoxy) is 1. The zero-order chi connectivity index (χ0) is 31.5. The molecule has 44 heavy (non-hydrogen) atoms. The van der Waals surface area contributed by atoms with Gasteiger partial charge < -0.3 is 20.3 Å². The zero-order valence-electron chi connectivity index (χ0n) is 25.4. The summed E-state index contributed by atoms with van der Waals surface area (Å²) < 4.78 is 5.88. The van der Waals surface area contributed by atoms with E-state index in [2.05, 4.69) is 10.6 Å². The highest BCUT2D eigenvalue weighted by molar-refractivity contribution is 6.42. The first kappa shape index (κ1) is 33.3. The number of carbonyl (C=O) groups excluding carboxylic acids is 3. The molecule has 1 atom stereocenters. The summed E-state index contributed by atoms with van der Waals surface area (Å²) in [7, 11) is 0. The predicted octanol–water partition coefficient (Wildman–Crippen LogP) is 6.39. The molecule has 0 saturated carbocycles. The molecule has 0 bridgehead atoms. The third-order valence-corrected chi connectivity index (χ3v) is 8.49. The Kier molecular flexibility index (Phi) is 12.5. The average Bonchev–Trinajstić information content (AvgIpc) is 3.01. The summed E-state index contributed by atoms with van der Waals surface area (Å²) in [5, 5.41) is 6.90. The molecule has 3 aromatic carbocycles. The van der Waals surface area contributed by atoms with Crippen molar-refractivity contribution < 1.29 is 19.1 Å². The standard InChI is InChI=1S/C35H41Cl2N3O4/c1-24(2)38-35(43)32(21-26-8-12-29(13-9-26)44-23-28-6-4-3-5-7-28)39-33(41)22-27-16-18-40(19-17-27)34(42)15-11-25-10-14-30(36)31(37)20-25/h3-10,12-14,20,24,27,32H,11,15-19,21-23H2,1-2H3,(H,38,43)(H,39,41)/t32-/m0/s1. The minimum atomic E-state index is -0.691. The van der Waals surface area contributed by atoms with E-state index < -0.39 is 6.04 Å². The molecule has 7 nitrogen and oxygen atoms in total. The molecule has 1 heterocycles. The van der Waals surface area contributed by atoms with Crippen LogP contribution < -0.4 is 15.4 Å². The fourth-order valence-electron chi connectivity index (χ4n) is 5.30. The van der Waals surface area contributed by atoms with Gasteiger partial charge in [-0.15, -0.1) is 0 Å². The summed E-state index contributed by atoms with van der Waals surface area (Å²) in [6.07, 6.45) is 3.19. The number of nitrogens with zero attached hydrogens (tertiary/aromatic N) is 1. The molecular formula is C35H41Cl2N3O4. The molecule has 1 fully saturated rings. The van der Waals surface area contributed by atoms with Gasteiger partial charge in [-0.2, -0.15) is 0 Å². The van der Waals surface area contributed by atoms with E-state index in [0.717, 1.165) is 35.3 Å². The Bertz CT molecular complexity index is 1390. The van der Waals surface area contributed by atoms with E-state index in [0.29, 0.717) is 55.4 Å². The van der Waals surface area contributed by atoms with Crippen molar-refractivity contribution in [1.29, 1.82) is 0 Å². The summed E-state index contributed by atoms with van der Waals surface area (Å²) in [6, 6.07) is 22.3. The first-order valence-corrected chi connectivity index (χ1v) is 16.0. The Morgan fingerprint density at radius 3 is 2.20 bits per heavy atom. The van der Waals surface area contributed by atoms with Crippen LogP contribution in [0.25, 0.3) is 0 Å². The van der Waals surface area contributed by atoms with Crippen LogP contribution in [0.1, 0.15) is 56.2 Å². The van der Waals surface area contributed by atoms with Gasteiger partial charge >= 0.3 is 0 Å². The number of carbonyl (C=O) groups is 3. The topological polar surface area (TPSA) is 87.7 Å². The van der Waals surface area contributed by atoms with Crippen LogP contribution in [0.4, 0.5) is 0 Å². The van der Waals surface area contributed by atoms with Crippen LogP contribution in [0, 0.1) is 5.92 Å². The molecule has 0 aliphatic carbocycles. The van der Waals surface area contributed by atoms with E-state index >= 15 is 0 Å². The second-order valence-corrected chi connectivity index (χ2v) is 12.5. The largest absolute Gasteiger partial charge is 0.489 e. The number of amides is 3. The SMILES string of the molecule is CC(C)NC(=O)[C@H](Cc1ccc(OCc2ccccc2)cc1)NC(=O)CC1CCN(C(=O)CCc2ccc(Cl)c(Cl)c2)CC1. The van der Waals surface area contributed by atoms with E-state index in [1.165, 1.54) is 0 Å². The van der Waals surface area contributed by atoms with E-state index in [1.807, 2.05) is 79.4 Å². The highest BCUT2D eigenvalue weighted by Gasteiger charge is 2.27. The van der Waals surface area contributed by atoms with Gasteiger partial charge in [0.05, 0.1) is 10.0 Å². The summed E-state index contributed by atoms with van der Waals surface area (Å²) in [4.78, 5) is 40.8. The second-order valence-electron chi connectivity index (χ2n) is 11.7. The number of hydrogen-bond donors (Lipinski definition) is 2. The number of likely N-dealkylation sites (tertiary alicyclic amines) is 1. The van der Waals surface area contributed by atoms with Gasteiger partial charge in [-0.1, -0.05) is 71.7 Å². The number of halogens is 2. The van der Waals surface area contributed by atoms with Crippen LogP contribution in [-0.2, 0) is 33.8 Å². The van der Waals surface area contributed by atoms with Crippen LogP contribution in [0.5, 0.6) is 5.75 Å². The Labute approximate surface area is 270 Å². The summed E-state index contributed by atoms with van der Waals surface area (Å²) >= 11 is 12.1. The molecule has 3 aromatic rings. The van der Waals surface area contributed by atoms with E-state index in [1.54, 1.807) is 12.1 Å². The van der Waals surface area contributed by atoms with Crippen molar-refractivity contribution in [3.8, 4) is 5.75 Å². The van der Waals surface area contributed by atoms with E-state index in [-0.39, 0.29) is 29.7 Å². The Morgan fingerprint density at radius 2 is 1.55 bits per heavy atom. The van der Waals surface area contributed by atoms with Crippen LogP contribution in [0.2, 0.25) is 10.0 Å². The average molecular weight is 639 g/mol. The maximum absolute atomic E-state index is 13.1. The second kappa shape index (κ2) is 16.5. The summed E-state index contributed by atoms with van der Waals surface area (Å²) in [6.45, 7) is 5.51. The van der Waals surface area contributed by atoms with E-state index in [4.69, 9.17) is 27.9 Å². The van der Waals surface area contributed by atoms with Crippen molar-refractivity contribution >= 4 is 40.9 Å². The Morgan fingerprint density at radius 1 is 0.864 bits per heavy atom. The van der Waals surface area contributed by atoms with Gasteiger partial charge in [0.1, 0.15) is 18.4 Å². The van der Waals surface area contributed by atoms with Crippen LogP contribution >= 0.6 is 23.2 Å². The van der Waals surface area contributed by atoms with Gasteiger partial charge in [-0.3, -0.25) is 14.4 Å². The molecule has 1 saturated heterocycles. The number of rotatable bonds is 13. The van der Waals surface area contributed by atoms with Crippen LogP contribution in [0.15, 0.2) is 72.8 Å². The maximum Gasteiger partial charge on any atom is 0.243 e. The van der Waals surface area contributed by atoms with E-state index in [9.17, 15) is 14.4 Å². The maximum atomic E-state index is 13.1. The van der Waals surface area contributed by atoms with Gasteiger partial charge in [0.2, 0.25) is 17.7 Å². The monoisotopic (exact) mass is 637 g/mol. The minimum absolute atomic E-state index is 0.0470. The first-order valence-electron chi connectivity index (χ1n) is 15.2. The minimum Gasteiger partial charge on any atom is -0.489 e. The molecule has 1 aliphatic rings. The molecule has 4 rings (SSSR count). The van der Waals surface area contributed by atoms with Crippen molar-refractivity contribution in [2.75, 3.05) is 13.1 Å². The number of aryl methyl sites for hydroxylation is 1. The van der Waals surface area contributed by atoms with Gasteiger partial charge in [-0.05, 0) is 80.0 Å². The number of hydrogen-bond acceptors (Lipinski definition) is 4.